The summed E-state index contributed by atoms with van der Waals surface area (Å²) in [6, 6.07) is 2.17. The average molecular weight is 355 g/mol. The van der Waals surface area contributed by atoms with Gasteiger partial charge in [-0.15, -0.1) is 12.4 Å². The molecular weight excluding hydrogens is 324 g/mol. The molecule has 2 N–H and O–H groups in total. The van der Waals surface area contributed by atoms with E-state index in [2.05, 4.69) is 44.4 Å². The summed E-state index contributed by atoms with van der Waals surface area (Å²) < 4.78 is 2.05. The maximum atomic E-state index is 12.9. The lowest BCUT2D eigenvalue weighted by Gasteiger charge is -2.42. The fourth-order valence-corrected chi connectivity index (χ4v) is 3.42. The molecule has 1 amide bonds. The standard InChI is InChI=1S/C18H30N4O.ClH/c1-17(2,3)22-14(12-6-7-12)10-13(20-22)16(23)21-9-8-15(19)18(4,5)11-21;/h10,12,15H,6-9,11,19H2,1-5H3;1H. The van der Waals surface area contributed by atoms with Crippen LogP contribution in [-0.2, 0) is 5.54 Å². The second-order valence-electron chi connectivity index (χ2n) is 8.92. The molecule has 0 bridgehead atoms. The van der Waals surface area contributed by atoms with E-state index in [0.717, 1.165) is 13.0 Å². The fourth-order valence-electron chi connectivity index (χ4n) is 3.42. The molecule has 3 rings (SSSR count). The summed E-state index contributed by atoms with van der Waals surface area (Å²) in [5.41, 5.74) is 7.86. The van der Waals surface area contributed by atoms with Crippen molar-refractivity contribution in [1.29, 1.82) is 0 Å². The van der Waals surface area contributed by atoms with Gasteiger partial charge in [0, 0.05) is 30.7 Å². The van der Waals surface area contributed by atoms with Gasteiger partial charge in [-0.3, -0.25) is 9.48 Å². The molecule has 2 aliphatic rings. The first kappa shape index (κ1) is 19.3. The Balaban J connectivity index is 0.00000208. The van der Waals surface area contributed by atoms with Gasteiger partial charge in [0.2, 0.25) is 0 Å². The van der Waals surface area contributed by atoms with Crippen molar-refractivity contribution < 1.29 is 4.79 Å². The molecule has 1 aliphatic carbocycles. The van der Waals surface area contributed by atoms with Crippen LogP contribution < -0.4 is 5.73 Å². The van der Waals surface area contributed by atoms with Crippen molar-refractivity contribution in [3.05, 3.63) is 17.5 Å². The summed E-state index contributed by atoms with van der Waals surface area (Å²) in [6.45, 7) is 12.1. The van der Waals surface area contributed by atoms with E-state index in [9.17, 15) is 4.79 Å². The summed E-state index contributed by atoms with van der Waals surface area (Å²) in [6.07, 6.45) is 3.27. The van der Waals surface area contributed by atoms with Crippen LogP contribution in [0.3, 0.4) is 0 Å². The van der Waals surface area contributed by atoms with Crippen molar-refractivity contribution in [2.45, 2.75) is 71.4 Å². The number of likely N-dealkylation sites (tertiary alicyclic amines) is 1. The van der Waals surface area contributed by atoms with Crippen LogP contribution in [0.1, 0.15) is 76.0 Å². The number of nitrogens with zero attached hydrogens (tertiary/aromatic N) is 3. The smallest absolute Gasteiger partial charge is 0.274 e. The van der Waals surface area contributed by atoms with Gasteiger partial charge in [0.15, 0.2) is 5.69 Å². The van der Waals surface area contributed by atoms with E-state index in [1.54, 1.807) is 0 Å². The summed E-state index contributed by atoms with van der Waals surface area (Å²) in [7, 11) is 0. The Morgan fingerprint density at radius 2 is 1.92 bits per heavy atom. The van der Waals surface area contributed by atoms with Crippen molar-refractivity contribution in [3.63, 3.8) is 0 Å². The normalized spacial score (nSPS) is 23.8. The van der Waals surface area contributed by atoms with Gasteiger partial charge in [0.1, 0.15) is 0 Å². The Morgan fingerprint density at radius 1 is 1.29 bits per heavy atom. The molecule has 5 nitrogen and oxygen atoms in total. The van der Waals surface area contributed by atoms with Crippen LogP contribution in [-0.4, -0.2) is 39.7 Å². The zero-order valence-electron chi connectivity index (χ0n) is 15.5. The number of nitrogens with two attached hydrogens (primary N) is 1. The SMILES string of the molecule is CC1(C)CN(C(=O)c2cc(C3CC3)n(C(C)(C)C)n2)CCC1N.Cl. The van der Waals surface area contributed by atoms with Crippen LogP contribution in [0.4, 0.5) is 0 Å². The van der Waals surface area contributed by atoms with E-state index in [1.807, 2.05) is 11.0 Å². The number of hydrogen-bond donors (Lipinski definition) is 1. The first-order valence-electron chi connectivity index (χ1n) is 8.75. The Kier molecular flexibility index (Phi) is 5.09. The largest absolute Gasteiger partial charge is 0.337 e. The Labute approximate surface area is 151 Å². The summed E-state index contributed by atoms with van der Waals surface area (Å²) >= 11 is 0. The number of aromatic nitrogens is 2. The van der Waals surface area contributed by atoms with Crippen LogP contribution in [0.5, 0.6) is 0 Å². The highest BCUT2D eigenvalue weighted by Gasteiger charge is 2.38. The number of amides is 1. The van der Waals surface area contributed by atoms with Gasteiger partial charge in [-0.1, -0.05) is 13.8 Å². The van der Waals surface area contributed by atoms with Gasteiger partial charge in [0.05, 0.1) is 5.54 Å². The minimum absolute atomic E-state index is 0. The van der Waals surface area contributed by atoms with E-state index >= 15 is 0 Å². The Morgan fingerprint density at radius 3 is 2.42 bits per heavy atom. The quantitative estimate of drug-likeness (QED) is 0.887. The van der Waals surface area contributed by atoms with Crippen LogP contribution in [0, 0.1) is 5.41 Å². The third kappa shape index (κ3) is 3.62. The Bertz CT molecular complexity index is 613. The predicted molar refractivity (Wildman–Crippen MR) is 98.7 cm³/mol. The summed E-state index contributed by atoms with van der Waals surface area (Å²) in [5.74, 6) is 0.629. The van der Waals surface area contributed by atoms with Crippen molar-refractivity contribution >= 4 is 18.3 Å². The molecule has 1 aromatic heterocycles. The number of halogens is 1. The monoisotopic (exact) mass is 354 g/mol. The van der Waals surface area contributed by atoms with E-state index in [1.165, 1.54) is 18.5 Å². The van der Waals surface area contributed by atoms with Gasteiger partial charge in [-0.25, -0.2) is 0 Å². The van der Waals surface area contributed by atoms with Gasteiger partial charge >= 0.3 is 0 Å². The highest BCUT2D eigenvalue weighted by atomic mass is 35.5. The number of piperidine rings is 1. The zero-order valence-corrected chi connectivity index (χ0v) is 16.3. The molecule has 1 atom stereocenters. The second kappa shape index (κ2) is 6.34. The molecule has 1 saturated heterocycles. The highest BCUT2D eigenvalue weighted by molar-refractivity contribution is 5.92. The molecule has 24 heavy (non-hydrogen) atoms. The molecule has 0 aromatic carbocycles. The molecule has 1 unspecified atom stereocenters. The molecule has 0 radical (unpaired) electrons. The van der Waals surface area contributed by atoms with Gasteiger partial charge in [0.25, 0.3) is 5.91 Å². The Hall–Kier alpha value is -1.07. The van der Waals surface area contributed by atoms with Crippen LogP contribution in [0.25, 0.3) is 0 Å². The van der Waals surface area contributed by atoms with Crippen molar-refractivity contribution in [2.75, 3.05) is 13.1 Å². The van der Waals surface area contributed by atoms with Crippen molar-refractivity contribution in [1.82, 2.24) is 14.7 Å². The first-order chi connectivity index (χ1) is 10.6. The molecule has 1 aromatic rings. The molecule has 1 saturated carbocycles. The van der Waals surface area contributed by atoms with E-state index in [-0.39, 0.29) is 35.3 Å². The van der Waals surface area contributed by atoms with Gasteiger partial charge in [-0.05, 0) is 51.5 Å². The first-order valence-corrected chi connectivity index (χ1v) is 8.75. The second-order valence-corrected chi connectivity index (χ2v) is 8.92. The van der Waals surface area contributed by atoms with E-state index < -0.39 is 0 Å². The fraction of sp³-hybridized carbons (Fsp3) is 0.778. The van der Waals surface area contributed by atoms with Crippen LogP contribution in [0.2, 0.25) is 0 Å². The summed E-state index contributed by atoms with van der Waals surface area (Å²) in [4.78, 5) is 14.9. The number of carbonyl (C=O) groups is 1. The lowest BCUT2D eigenvalue weighted by Crippen LogP contribution is -2.54. The minimum atomic E-state index is -0.0972. The lowest BCUT2D eigenvalue weighted by molar-refractivity contribution is 0.0526. The maximum Gasteiger partial charge on any atom is 0.274 e. The molecule has 1 aliphatic heterocycles. The lowest BCUT2D eigenvalue weighted by atomic mass is 9.79. The van der Waals surface area contributed by atoms with Crippen molar-refractivity contribution in [3.8, 4) is 0 Å². The molecule has 136 valence electrons. The highest BCUT2D eigenvalue weighted by Crippen LogP contribution is 2.42. The molecule has 2 heterocycles. The van der Waals surface area contributed by atoms with Gasteiger partial charge in [-0.2, -0.15) is 5.10 Å². The van der Waals surface area contributed by atoms with Crippen LogP contribution >= 0.6 is 12.4 Å². The zero-order chi connectivity index (χ0) is 17.0. The molecule has 6 heteroatoms. The number of rotatable bonds is 2. The van der Waals surface area contributed by atoms with Crippen molar-refractivity contribution in [2.24, 2.45) is 11.1 Å². The third-order valence-corrected chi connectivity index (χ3v) is 5.19. The maximum absolute atomic E-state index is 12.9. The minimum Gasteiger partial charge on any atom is -0.337 e. The van der Waals surface area contributed by atoms with E-state index in [0.29, 0.717) is 18.2 Å². The number of hydrogen-bond acceptors (Lipinski definition) is 3. The van der Waals surface area contributed by atoms with E-state index in [4.69, 9.17) is 5.73 Å². The third-order valence-electron chi connectivity index (χ3n) is 5.19. The van der Waals surface area contributed by atoms with Gasteiger partial charge < -0.3 is 10.6 Å². The average Bonchev–Trinajstić information content (AvgIpc) is 3.18. The molecule has 0 spiro atoms. The molecular formula is C18H31ClN4O. The summed E-state index contributed by atoms with van der Waals surface area (Å²) in [5, 5.41) is 4.68. The van der Waals surface area contributed by atoms with Crippen LogP contribution in [0.15, 0.2) is 6.07 Å². The predicted octanol–water partition coefficient (Wildman–Crippen LogP) is 3.14. The number of carbonyl (C=O) groups excluding carboxylic acids is 1. The topological polar surface area (TPSA) is 64.2 Å². The molecule has 2 fully saturated rings.